The Bertz CT molecular complexity index is 606. The maximum Gasteiger partial charge on any atom is 0.295 e. The fourth-order valence-corrected chi connectivity index (χ4v) is 3.26. The molecule has 1 aliphatic heterocycles. The highest BCUT2D eigenvalue weighted by atomic mass is 35.5. The first kappa shape index (κ1) is 17.6. The van der Waals surface area contributed by atoms with Crippen molar-refractivity contribution in [2.75, 3.05) is 31.6 Å². The van der Waals surface area contributed by atoms with Gasteiger partial charge in [0.25, 0.3) is 5.70 Å². The Labute approximate surface area is 145 Å². The van der Waals surface area contributed by atoms with E-state index in [2.05, 4.69) is 11.6 Å². The second kappa shape index (κ2) is 8.21. The molecule has 0 atom stereocenters. The Balaban J connectivity index is 2.23. The monoisotopic (exact) mass is 354 g/mol. The Morgan fingerprint density at radius 1 is 1.57 bits per heavy atom. The molecule has 8 heteroatoms. The quantitative estimate of drug-likeness (QED) is 0.247. The van der Waals surface area contributed by atoms with Crippen molar-refractivity contribution in [3.63, 3.8) is 0 Å². The molecule has 1 fully saturated rings. The lowest BCUT2D eigenvalue weighted by molar-refractivity contribution is -0.426. The zero-order valence-corrected chi connectivity index (χ0v) is 14.5. The molecule has 1 aromatic rings. The molecule has 23 heavy (non-hydrogen) atoms. The molecular formula is C15H19ClN4O2S. The van der Waals surface area contributed by atoms with E-state index in [0.717, 1.165) is 18.7 Å². The van der Waals surface area contributed by atoms with Crippen LogP contribution in [0.1, 0.15) is 5.56 Å². The van der Waals surface area contributed by atoms with E-state index in [0.29, 0.717) is 29.0 Å². The molecule has 1 aliphatic rings. The zero-order valence-electron chi connectivity index (χ0n) is 12.9. The van der Waals surface area contributed by atoms with Crippen molar-refractivity contribution >= 4 is 23.4 Å². The van der Waals surface area contributed by atoms with Crippen molar-refractivity contribution in [3.8, 4) is 0 Å². The lowest BCUT2D eigenvalue weighted by Gasteiger charge is -2.22. The summed E-state index contributed by atoms with van der Waals surface area (Å²) in [5, 5.41) is 11.9. The normalized spacial score (nSPS) is 16.6. The van der Waals surface area contributed by atoms with Crippen LogP contribution in [0.25, 0.3) is 0 Å². The Hall–Kier alpha value is -1.73. The first-order chi connectivity index (χ1) is 11.0. The van der Waals surface area contributed by atoms with Crippen LogP contribution in [-0.4, -0.2) is 51.4 Å². The van der Waals surface area contributed by atoms with E-state index in [9.17, 15) is 10.1 Å². The zero-order chi connectivity index (χ0) is 16.8. The highest BCUT2D eigenvalue weighted by molar-refractivity contribution is 7.99. The maximum atomic E-state index is 11.5. The van der Waals surface area contributed by atoms with Gasteiger partial charge in [-0.25, -0.2) is 4.98 Å². The molecule has 1 saturated heterocycles. The Kier molecular flexibility index (Phi) is 6.29. The lowest BCUT2D eigenvalue weighted by atomic mass is 10.2. The standard InChI is InChI=1S/C15H19ClN4O2S/c1-3-8-23-11-13(20(21)22)15-18(2)6-7-19(15)10-12-4-5-14(16)17-9-12/h3-5,9H,1,6-8,10-11H2,2H3/b15-13-. The predicted octanol–water partition coefficient (Wildman–Crippen LogP) is 2.85. The third-order valence-electron chi connectivity index (χ3n) is 3.48. The van der Waals surface area contributed by atoms with E-state index in [1.54, 1.807) is 18.3 Å². The van der Waals surface area contributed by atoms with Crippen molar-refractivity contribution in [1.29, 1.82) is 0 Å². The number of aromatic nitrogens is 1. The van der Waals surface area contributed by atoms with Crippen LogP contribution >= 0.6 is 23.4 Å². The largest absolute Gasteiger partial charge is 0.354 e. The van der Waals surface area contributed by atoms with Crippen LogP contribution in [0.2, 0.25) is 5.15 Å². The molecule has 0 bridgehead atoms. The Morgan fingerprint density at radius 3 is 2.96 bits per heavy atom. The molecule has 0 radical (unpaired) electrons. The van der Waals surface area contributed by atoms with E-state index >= 15 is 0 Å². The van der Waals surface area contributed by atoms with Crippen molar-refractivity contribution in [3.05, 3.63) is 63.3 Å². The van der Waals surface area contributed by atoms with Crippen molar-refractivity contribution in [2.24, 2.45) is 0 Å². The lowest BCUT2D eigenvalue weighted by Crippen LogP contribution is -2.25. The minimum atomic E-state index is -0.277. The van der Waals surface area contributed by atoms with E-state index in [1.165, 1.54) is 11.8 Å². The summed E-state index contributed by atoms with van der Waals surface area (Å²) < 4.78 is 0. The first-order valence-electron chi connectivity index (χ1n) is 7.15. The number of thioether (sulfide) groups is 1. The number of hydrogen-bond acceptors (Lipinski definition) is 6. The number of hydrogen-bond donors (Lipinski definition) is 0. The van der Waals surface area contributed by atoms with Crippen LogP contribution in [0.4, 0.5) is 0 Å². The van der Waals surface area contributed by atoms with Gasteiger partial charge >= 0.3 is 0 Å². The molecular weight excluding hydrogens is 336 g/mol. The first-order valence-corrected chi connectivity index (χ1v) is 8.69. The second-order valence-corrected chi connectivity index (χ2v) is 6.58. The van der Waals surface area contributed by atoms with Gasteiger partial charge in [0.15, 0.2) is 5.82 Å². The summed E-state index contributed by atoms with van der Waals surface area (Å²) in [5.41, 5.74) is 1.21. The average Bonchev–Trinajstić information content (AvgIpc) is 2.87. The summed E-state index contributed by atoms with van der Waals surface area (Å²) in [6, 6.07) is 3.62. The Morgan fingerprint density at radius 2 is 2.35 bits per heavy atom. The van der Waals surface area contributed by atoms with Crippen LogP contribution < -0.4 is 0 Å². The minimum Gasteiger partial charge on any atom is -0.354 e. The van der Waals surface area contributed by atoms with Crippen LogP contribution in [0, 0.1) is 10.1 Å². The number of pyridine rings is 1. The van der Waals surface area contributed by atoms with E-state index in [-0.39, 0.29) is 10.6 Å². The third-order valence-corrected chi connectivity index (χ3v) is 4.65. The molecule has 1 aromatic heterocycles. The van der Waals surface area contributed by atoms with E-state index < -0.39 is 0 Å². The SMILES string of the molecule is C=CCSC/C(=C1\N(C)CCN1Cc1ccc(Cl)nc1)[N+](=O)[O-]. The predicted molar refractivity (Wildman–Crippen MR) is 93.8 cm³/mol. The van der Waals surface area contributed by atoms with Crippen LogP contribution in [0.3, 0.4) is 0 Å². The summed E-state index contributed by atoms with van der Waals surface area (Å²) >= 11 is 7.29. The molecule has 0 aliphatic carbocycles. The van der Waals surface area contributed by atoms with Gasteiger partial charge in [0, 0.05) is 38.6 Å². The molecule has 0 spiro atoms. The number of rotatable bonds is 7. The van der Waals surface area contributed by atoms with E-state index in [1.807, 2.05) is 22.9 Å². The van der Waals surface area contributed by atoms with Crippen LogP contribution in [0.15, 0.2) is 42.5 Å². The number of nitro groups is 1. The summed E-state index contributed by atoms with van der Waals surface area (Å²) in [6.07, 6.45) is 3.46. The van der Waals surface area contributed by atoms with Gasteiger partial charge in [-0.05, 0) is 11.6 Å². The van der Waals surface area contributed by atoms with E-state index in [4.69, 9.17) is 11.6 Å². The molecule has 0 saturated carbocycles. The minimum absolute atomic E-state index is 0.235. The molecule has 124 valence electrons. The highest BCUT2D eigenvalue weighted by Crippen LogP contribution is 2.25. The molecule has 2 heterocycles. The maximum absolute atomic E-state index is 11.5. The number of halogens is 1. The highest BCUT2D eigenvalue weighted by Gasteiger charge is 2.31. The van der Waals surface area contributed by atoms with Gasteiger partial charge in [0.1, 0.15) is 5.15 Å². The summed E-state index contributed by atoms with van der Waals surface area (Å²) in [7, 11) is 1.89. The number of nitrogens with zero attached hydrogens (tertiary/aromatic N) is 4. The van der Waals surface area contributed by atoms with Gasteiger partial charge in [0.2, 0.25) is 0 Å². The fraction of sp³-hybridized carbons (Fsp3) is 0.400. The van der Waals surface area contributed by atoms with Crippen molar-refractivity contribution in [1.82, 2.24) is 14.8 Å². The number of likely N-dealkylation sites (N-methyl/N-ethyl adjacent to an activating group) is 1. The van der Waals surface area contributed by atoms with Gasteiger partial charge in [-0.3, -0.25) is 10.1 Å². The van der Waals surface area contributed by atoms with Crippen LogP contribution in [0.5, 0.6) is 0 Å². The topological polar surface area (TPSA) is 62.5 Å². The second-order valence-electron chi connectivity index (χ2n) is 5.16. The summed E-state index contributed by atoms with van der Waals surface area (Å²) in [4.78, 5) is 19.2. The van der Waals surface area contributed by atoms with Gasteiger partial charge in [-0.2, -0.15) is 0 Å². The van der Waals surface area contributed by atoms with Gasteiger partial charge in [-0.1, -0.05) is 23.7 Å². The smallest absolute Gasteiger partial charge is 0.295 e. The molecule has 0 N–H and O–H groups in total. The van der Waals surface area contributed by atoms with Gasteiger partial charge < -0.3 is 9.80 Å². The summed E-state index contributed by atoms with van der Waals surface area (Å²) in [6.45, 7) is 5.74. The third kappa shape index (κ3) is 4.62. The van der Waals surface area contributed by atoms with Crippen molar-refractivity contribution in [2.45, 2.75) is 6.54 Å². The molecule has 0 amide bonds. The molecule has 6 nitrogen and oxygen atoms in total. The fourth-order valence-electron chi connectivity index (χ4n) is 2.44. The molecule has 2 rings (SSSR count). The van der Waals surface area contributed by atoms with Crippen LogP contribution in [-0.2, 0) is 6.54 Å². The van der Waals surface area contributed by atoms with Crippen molar-refractivity contribution < 1.29 is 4.92 Å². The molecule has 0 unspecified atom stereocenters. The molecule has 0 aromatic carbocycles. The summed E-state index contributed by atoms with van der Waals surface area (Å²) in [5.74, 6) is 1.73. The average molecular weight is 355 g/mol. The van der Waals surface area contributed by atoms with Gasteiger partial charge in [-0.15, -0.1) is 18.3 Å². The van der Waals surface area contributed by atoms with Gasteiger partial charge in [0.05, 0.1) is 10.7 Å².